The van der Waals surface area contributed by atoms with Gasteiger partial charge in [0, 0.05) is 29.9 Å². The summed E-state index contributed by atoms with van der Waals surface area (Å²) < 4.78 is 25.4. The predicted octanol–water partition coefficient (Wildman–Crippen LogP) is 5.32. The first-order valence-electron chi connectivity index (χ1n) is 11.9. The van der Waals surface area contributed by atoms with Crippen molar-refractivity contribution in [2.45, 2.75) is 48.8 Å². The molecular weight excluding hydrogens is 460 g/mol. The van der Waals surface area contributed by atoms with Crippen molar-refractivity contribution in [3.63, 3.8) is 0 Å². The average Bonchev–Trinajstić information content (AvgIpc) is 2.89. The molecule has 35 heavy (non-hydrogen) atoms. The van der Waals surface area contributed by atoms with Crippen molar-refractivity contribution in [1.29, 1.82) is 0 Å². The monoisotopic (exact) mass is 490 g/mol. The lowest BCUT2D eigenvalue weighted by molar-refractivity contribution is 0.0696. The molecule has 2 amide bonds. The van der Waals surface area contributed by atoms with Gasteiger partial charge >= 0.3 is 0 Å². The van der Waals surface area contributed by atoms with Gasteiger partial charge in [0.25, 0.3) is 11.8 Å². The predicted molar refractivity (Wildman–Crippen MR) is 137 cm³/mol. The molecule has 0 aromatic heterocycles. The molecule has 7 heteroatoms. The Kier molecular flexibility index (Phi) is 7.66. The quantitative estimate of drug-likeness (QED) is 0.486. The summed E-state index contributed by atoms with van der Waals surface area (Å²) in [6.07, 6.45) is 5.64. The number of nitrogens with zero attached hydrogens (tertiary/aromatic N) is 1. The van der Waals surface area contributed by atoms with E-state index in [1.165, 1.54) is 6.42 Å². The van der Waals surface area contributed by atoms with Gasteiger partial charge in [0.05, 0.1) is 10.6 Å². The molecule has 0 radical (unpaired) electrons. The Bertz CT molecular complexity index is 1280. The molecule has 4 rings (SSSR count). The molecule has 0 bridgehead atoms. The Labute approximate surface area is 206 Å². The molecule has 1 fully saturated rings. The highest BCUT2D eigenvalue weighted by atomic mass is 32.2. The molecule has 6 nitrogen and oxygen atoms in total. The van der Waals surface area contributed by atoms with Crippen molar-refractivity contribution in [2.75, 3.05) is 12.4 Å². The number of anilines is 1. The van der Waals surface area contributed by atoms with Crippen LogP contribution in [0.5, 0.6) is 0 Å². The Morgan fingerprint density at radius 2 is 1.54 bits per heavy atom. The summed E-state index contributed by atoms with van der Waals surface area (Å²) in [4.78, 5) is 27.7. The molecular formula is C28H30N2O4S. The highest BCUT2D eigenvalue weighted by Crippen LogP contribution is 2.23. The van der Waals surface area contributed by atoms with Crippen LogP contribution in [0.15, 0.2) is 83.8 Å². The largest absolute Gasteiger partial charge is 0.339 e. The van der Waals surface area contributed by atoms with Crippen LogP contribution in [0, 0.1) is 0 Å². The zero-order valence-electron chi connectivity index (χ0n) is 19.8. The number of sulfone groups is 1. The molecule has 1 saturated carbocycles. The SMILES string of the molecule is CN(C(=O)c1ccc(NC(=O)c2cccc(CS(=O)(=O)c3ccccc3)c2)cc1)C1CCCCC1. The number of amides is 2. The summed E-state index contributed by atoms with van der Waals surface area (Å²) in [6.45, 7) is 0. The fourth-order valence-corrected chi connectivity index (χ4v) is 5.83. The van der Waals surface area contributed by atoms with Crippen LogP contribution < -0.4 is 5.32 Å². The first kappa shape index (κ1) is 24.7. The van der Waals surface area contributed by atoms with Crippen LogP contribution in [0.1, 0.15) is 58.4 Å². The van der Waals surface area contributed by atoms with Gasteiger partial charge in [-0.05, 0) is 66.9 Å². The summed E-state index contributed by atoms with van der Waals surface area (Å²) in [5, 5.41) is 2.83. The molecule has 1 aliphatic carbocycles. The molecule has 0 unspecified atom stereocenters. The number of benzene rings is 3. The van der Waals surface area contributed by atoms with Crippen LogP contribution in [-0.4, -0.2) is 38.2 Å². The van der Waals surface area contributed by atoms with E-state index in [0.29, 0.717) is 22.4 Å². The van der Waals surface area contributed by atoms with Crippen molar-refractivity contribution in [2.24, 2.45) is 0 Å². The minimum Gasteiger partial charge on any atom is -0.339 e. The number of hydrogen-bond donors (Lipinski definition) is 1. The third-order valence-electron chi connectivity index (χ3n) is 6.48. The first-order valence-corrected chi connectivity index (χ1v) is 13.5. The van der Waals surface area contributed by atoms with Crippen molar-refractivity contribution in [1.82, 2.24) is 4.90 Å². The average molecular weight is 491 g/mol. The van der Waals surface area contributed by atoms with E-state index in [2.05, 4.69) is 5.32 Å². The molecule has 3 aromatic rings. The Hall–Kier alpha value is -3.45. The second-order valence-electron chi connectivity index (χ2n) is 9.01. The molecule has 0 spiro atoms. The van der Waals surface area contributed by atoms with Gasteiger partial charge in [-0.1, -0.05) is 49.6 Å². The summed E-state index contributed by atoms with van der Waals surface area (Å²) in [5.41, 5.74) is 2.05. The van der Waals surface area contributed by atoms with Crippen molar-refractivity contribution in [3.05, 3.63) is 95.6 Å². The van der Waals surface area contributed by atoms with E-state index in [1.54, 1.807) is 78.9 Å². The van der Waals surface area contributed by atoms with Gasteiger partial charge in [-0.2, -0.15) is 0 Å². The Balaban J connectivity index is 1.40. The highest BCUT2D eigenvalue weighted by Gasteiger charge is 2.23. The minimum absolute atomic E-state index is 0.0119. The standard InChI is InChI=1S/C28H30N2O4S/c1-30(25-11-4-2-5-12-25)28(32)22-15-17-24(18-16-22)29-27(31)23-10-8-9-21(19-23)20-35(33,34)26-13-6-3-7-14-26/h3,6-10,13-19,25H,2,4-5,11-12,20H2,1H3,(H,29,31). The maximum absolute atomic E-state index is 12.8. The molecule has 0 heterocycles. The Morgan fingerprint density at radius 3 is 2.23 bits per heavy atom. The zero-order valence-corrected chi connectivity index (χ0v) is 20.6. The van der Waals surface area contributed by atoms with Crippen LogP contribution in [-0.2, 0) is 15.6 Å². The summed E-state index contributed by atoms with van der Waals surface area (Å²) in [5.74, 6) is -0.548. The number of carbonyl (C=O) groups is 2. The second kappa shape index (κ2) is 10.9. The topological polar surface area (TPSA) is 83.6 Å². The van der Waals surface area contributed by atoms with Gasteiger partial charge < -0.3 is 10.2 Å². The molecule has 1 aliphatic rings. The van der Waals surface area contributed by atoms with Crippen molar-refractivity contribution in [3.8, 4) is 0 Å². The molecule has 0 atom stereocenters. The van der Waals surface area contributed by atoms with Gasteiger partial charge in [-0.25, -0.2) is 8.42 Å². The fraction of sp³-hybridized carbons (Fsp3) is 0.286. The smallest absolute Gasteiger partial charge is 0.255 e. The van der Waals surface area contributed by atoms with Crippen molar-refractivity contribution < 1.29 is 18.0 Å². The van der Waals surface area contributed by atoms with Crippen LogP contribution in [0.2, 0.25) is 0 Å². The number of carbonyl (C=O) groups excluding carboxylic acids is 2. The summed E-state index contributed by atoms with van der Waals surface area (Å²) in [7, 11) is -1.65. The number of rotatable bonds is 7. The van der Waals surface area contributed by atoms with E-state index in [1.807, 2.05) is 11.9 Å². The third kappa shape index (κ3) is 6.17. The second-order valence-corrected chi connectivity index (χ2v) is 11.0. The third-order valence-corrected chi connectivity index (χ3v) is 8.18. The van der Waals surface area contributed by atoms with Crippen LogP contribution in [0.4, 0.5) is 5.69 Å². The highest BCUT2D eigenvalue weighted by molar-refractivity contribution is 7.90. The maximum atomic E-state index is 12.8. The van der Waals surface area contributed by atoms with Gasteiger partial charge in [-0.3, -0.25) is 9.59 Å². The summed E-state index contributed by atoms with van der Waals surface area (Å²) in [6, 6.07) is 22.0. The lowest BCUT2D eigenvalue weighted by Gasteiger charge is -2.31. The fourth-order valence-electron chi connectivity index (χ4n) is 4.47. The maximum Gasteiger partial charge on any atom is 0.255 e. The van der Waals surface area contributed by atoms with E-state index in [-0.39, 0.29) is 28.5 Å². The molecule has 182 valence electrons. The van der Waals surface area contributed by atoms with E-state index in [0.717, 1.165) is 25.7 Å². The van der Waals surface area contributed by atoms with E-state index in [4.69, 9.17) is 0 Å². The lowest BCUT2D eigenvalue weighted by atomic mass is 9.94. The van der Waals surface area contributed by atoms with Crippen LogP contribution in [0.3, 0.4) is 0 Å². The van der Waals surface area contributed by atoms with Gasteiger partial charge in [0.2, 0.25) is 0 Å². The van der Waals surface area contributed by atoms with Gasteiger partial charge in [0.15, 0.2) is 9.84 Å². The molecule has 0 aliphatic heterocycles. The van der Waals surface area contributed by atoms with E-state index < -0.39 is 9.84 Å². The minimum atomic E-state index is -3.51. The van der Waals surface area contributed by atoms with Gasteiger partial charge in [0.1, 0.15) is 0 Å². The molecule has 0 saturated heterocycles. The Morgan fingerprint density at radius 1 is 0.857 bits per heavy atom. The zero-order chi connectivity index (χ0) is 24.8. The molecule has 3 aromatic carbocycles. The number of nitrogens with one attached hydrogen (secondary N) is 1. The van der Waals surface area contributed by atoms with Crippen LogP contribution in [0.25, 0.3) is 0 Å². The van der Waals surface area contributed by atoms with Crippen LogP contribution >= 0.6 is 0 Å². The number of hydrogen-bond acceptors (Lipinski definition) is 4. The van der Waals surface area contributed by atoms with E-state index >= 15 is 0 Å². The first-order chi connectivity index (χ1) is 16.8. The van der Waals surface area contributed by atoms with Gasteiger partial charge in [-0.15, -0.1) is 0 Å². The molecule has 1 N–H and O–H groups in total. The normalized spacial score (nSPS) is 14.3. The van der Waals surface area contributed by atoms with Crippen molar-refractivity contribution >= 4 is 27.3 Å². The lowest BCUT2D eigenvalue weighted by Crippen LogP contribution is -2.38. The summed E-state index contributed by atoms with van der Waals surface area (Å²) >= 11 is 0. The van der Waals surface area contributed by atoms with E-state index in [9.17, 15) is 18.0 Å².